The molecule has 2 aromatic rings. The molecule has 0 aliphatic heterocycles. The van der Waals surface area contributed by atoms with Gasteiger partial charge in [-0.05, 0) is 35.9 Å². The molecular formula is C13H13ClN2O3S. The summed E-state index contributed by atoms with van der Waals surface area (Å²) in [7, 11) is -3.59. The number of hydrogen-bond acceptors (Lipinski definition) is 4. The summed E-state index contributed by atoms with van der Waals surface area (Å²) in [6.07, 6.45) is 1.51. The van der Waals surface area contributed by atoms with Crippen molar-refractivity contribution in [1.82, 2.24) is 9.71 Å². The fourth-order valence-electron chi connectivity index (χ4n) is 1.52. The van der Waals surface area contributed by atoms with E-state index in [1.807, 2.05) is 0 Å². The summed E-state index contributed by atoms with van der Waals surface area (Å²) in [5.74, 6) is 0. The van der Waals surface area contributed by atoms with Gasteiger partial charge in [-0.15, -0.1) is 0 Å². The highest BCUT2D eigenvalue weighted by atomic mass is 35.5. The normalized spacial score (nSPS) is 11.5. The Hall–Kier alpha value is -1.47. The Morgan fingerprint density at radius 3 is 2.40 bits per heavy atom. The molecular weight excluding hydrogens is 300 g/mol. The number of nitrogens with one attached hydrogen (secondary N) is 1. The molecule has 0 saturated carbocycles. The molecule has 0 atom stereocenters. The van der Waals surface area contributed by atoms with Crippen molar-refractivity contribution in [2.45, 2.75) is 18.0 Å². The summed E-state index contributed by atoms with van der Waals surface area (Å²) in [6.45, 7) is -0.0134. The summed E-state index contributed by atoms with van der Waals surface area (Å²) in [5.41, 5.74) is 1.24. The zero-order valence-corrected chi connectivity index (χ0v) is 12.0. The first-order valence-electron chi connectivity index (χ1n) is 5.81. The Morgan fingerprint density at radius 2 is 1.85 bits per heavy atom. The van der Waals surface area contributed by atoms with Gasteiger partial charge in [-0.1, -0.05) is 17.7 Å². The maximum Gasteiger partial charge on any atom is 0.240 e. The number of aromatic nitrogens is 1. The lowest BCUT2D eigenvalue weighted by molar-refractivity contribution is 0.281. The number of aliphatic hydroxyl groups is 1. The van der Waals surface area contributed by atoms with E-state index in [0.29, 0.717) is 16.3 Å². The fraction of sp³-hybridized carbons (Fsp3) is 0.154. The molecule has 1 aromatic carbocycles. The van der Waals surface area contributed by atoms with Crippen LogP contribution in [0.15, 0.2) is 47.5 Å². The Balaban J connectivity index is 2.06. The minimum Gasteiger partial charge on any atom is -0.392 e. The van der Waals surface area contributed by atoms with E-state index in [1.54, 1.807) is 12.1 Å². The van der Waals surface area contributed by atoms with Gasteiger partial charge in [0.1, 0.15) is 0 Å². The summed E-state index contributed by atoms with van der Waals surface area (Å²) in [4.78, 5) is 4.20. The van der Waals surface area contributed by atoms with E-state index in [9.17, 15) is 8.42 Å². The van der Waals surface area contributed by atoms with Crippen molar-refractivity contribution >= 4 is 21.6 Å². The van der Waals surface area contributed by atoms with Gasteiger partial charge in [0.2, 0.25) is 10.0 Å². The number of nitrogens with zero attached hydrogens (tertiary/aromatic N) is 1. The number of halogens is 1. The average molecular weight is 313 g/mol. The third-order valence-electron chi connectivity index (χ3n) is 2.64. The van der Waals surface area contributed by atoms with Crippen LogP contribution in [0.1, 0.15) is 11.3 Å². The quantitative estimate of drug-likeness (QED) is 0.881. The minimum absolute atomic E-state index is 0.0800. The van der Waals surface area contributed by atoms with Crippen molar-refractivity contribution in [3.63, 3.8) is 0 Å². The van der Waals surface area contributed by atoms with Crippen molar-refractivity contribution in [3.8, 4) is 0 Å². The number of pyridine rings is 1. The van der Waals surface area contributed by atoms with Crippen LogP contribution in [0.5, 0.6) is 0 Å². The molecule has 2 rings (SSSR count). The van der Waals surface area contributed by atoms with E-state index in [1.165, 1.54) is 30.5 Å². The molecule has 0 aliphatic rings. The van der Waals surface area contributed by atoms with Crippen LogP contribution in [0.4, 0.5) is 0 Å². The van der Waals surface area contributed by atoms with Crippen LogP contribution >= 0.6 is 11.6 Å². The largest absolute Gasteiger partial charge is 0.392 e. The van der Waals surface area contributed by atoms with E-state index in [0.717, 1.165) is 0 Å². The van der Waals surface area contributed by atoms with Crippen LogP contribution in [0.2, 0.25) is 5.02 Å². The van der Waals surface area contributed by atoms with Gasteiger partial charge < -0.3 is 5.11 Å². The van der Waals surface area contributed by atoms with Gasteiger partial charge in [-0.2, -0.15) is 0 Å². The lowest BCUT2D eigenvalue weighted by Crippen LogP contribution is -2.23. The van der Waals surface area contributed by atoms with Crippen molar-refractivity contribution in [1.29, 1.82) is 0 Å². The van der Waals surface area contributed by atoms with E-state index < -0.39 is 10.0 Å². The SMILES string of the molecule is O=S(=O)(NCc1ccc(CO)cn1)c1ccc(Cl)cc1. The highest BCUT2D eigenvalue weighted by Gasteiger charge is 2.13. The third kappa shape index (κ3) is 3.77. The van der Waals surface area contributed by atoms with Gasteiger partial charge in [-0.3, -0.25) is 4.98 Å². The molecule has 2 N–H and O–H groups in total. The topological polar surface area (TPSA) is 79.3 Å². The molecule has 0 amide bonds. The van der Waals surface area contributed by atoms with Gasteiger partial charge in [0, 0.05) is 11.2 Å². The maximum absolute atomic E-state index is 12.0. The first kappa shape index (κ1) is 14.9. The molecule has 0 saturated heterocycles. The molecule has 1 heterocycles. The Morgan fingerprint density at radius 1 is 1.15 bits per heavy atom. The highest BCUT2D eigenvalue weighted by molar-refractivity contribution is 7.89. The highest BCUT2D eigenvalue weighted by Crippen LogP contribution is 2.14. The smallest absolute Gasteiger partial charge is 0.240 e. The molecule has 5 nitrogen and oxygen atoms in total. The molecule has 0 bridgehead atoms. The lowest BCUT2D eigenvalue weighted by atomic mass is 10.2. The Labute approximate surface area is 122 Å². The zero-order valence-electron chi connectivity index (χ0n) is 10.5. The standard InChI is InChI=1S/C13H13ClN2O3S/c14-11-2-5-13(6-3-11)20(18,19)16-8-12-4-1-10(9-17)7-15-12/h1-7,16-17H,8-9H2. The second kappa shape index (κ2) is 6.32. The second-order valence-corrected chi connectivity index (χ2v) is 6.30. The number of aliphatic hydroxyl groups excluding tert-OH is 1. The zero-order chi connectivity index (χ0) is 14.6. The van der Waals surface area contributed by atoms with Crippen molar-refractivity contribution in [2.24, 2.45) is 0 Å². The summed E-state index contributed by atoms with van der Waals surface area (Å²) >= 11 is 5.72. The van der Waals surface area contributed by atoms with Gasteiger partial charge in [0.15, 0.2) is 0 Å². The van der Waals surface area contributed by atoms with Crippen LogP contribution in [0.25, 0.3) is 0 Å². The minimum atomic E-state index is -3.59. The number of rotatable bonds is 5. The first-order valence-corrected chi connectivity index (χ1v) is 7.67. The van der Waals surface area contributed by atoms with E-state index >= 15 is 0 Å². The average Bonchev–Trinajstić information content (AvgIpc) is 2.46. The number of benzene rings is 1. The Kier molecular flexibility index (Phi) is 4.72. The molecule has 0 fully saturated rings. The Bertz CT molecular complexity index is 670. The van der Waals surface area contributed by atoms with Crippen LogP contribution in [0, 0.1) is 0 Å². The predicted molar refractivity (Wildman–Crippen MR) is 75.6 cm³/mol. The molecule has 1 aromatic heterocycles. The summed E-state index contributed by atoms with van der Waals surface area (Å²) in [5, 5.41) is 9.37. The van der Waals surface area contributed by atoms with Crippen LogP contribution < -0.4 is 4.72 Å². The van der Waals surface area contributed by atoms with Gasteiger partial charge in [0.25, 0.3) is 0 Å². The van der Waals surface area contributed by atoms with E-state index in [4.69, 9.17) is 16.7 Å². The maximum atomic E-state index is 12.0. The summed E-state index contributed by atoms with van der Waals surface area (Å²) in [6, 6.07) is 9.27. The monoisotopic (exact) mass is 312 g/mol. The van der Waals surface area contributed by atoms with Gasteiger partial charge in [-0.25, -0.2) is 13.1 Å². The molecule has 0 unspecified atom stereocenters. The molecule has 7 heteroatoms. The predicted octanol–water partition coefficient (Wildman–Crippen LogP) is 1.71. The van der Waals surface area contributed by atoms with Crippen molar-refractivity contribution in [3.05, 3.63) is 58.9 Å². The number of hydrogen-bond donors (Lipinski definition) is 2. The molecule has 0 aliphatic carbocycles. The van der Waals surface area contributed by atoms with Crippen LogP contribution in [0.3, 0.4) is 0 Å². The van der Waals surface area contributed by atoms with E-state index in [-0.39, 0.29) is 18.0 Å². The number of sulfonamides is 1. The lowest BCUT2D eigenvalue weighted by Gasteiger charge is -2.07. The van der Waals surface area contributed by atoms with Crippen molar-refractivity contribution < 1.29 is 13.5 Å². The first-order chi connectivity index (χ1) is 9.51. The third-order valence-corrected chi connectivity index (χ3v) is 4.30. The van der Waals surface area contributed by atoms with Gasteiger partial charge in [0.05, 0.1) is 23.7 Å². The molecule has 106 valence electrons. The van der Waals surface area contributed by atoms with Gasteiger partial charge >= 0.3 is 0 Å². The molecule has 0 spiro atoms. The van der Waals surface area contributed by atoms with E-state index in [2.05, 4.69) is 9.71 Å². The van der Waals surface area contributed by atoms with Crippen LogP contribution in [-0.4, -0.2) is 18.5 Å². The van der Waals surface area contributed by atoms with Crippen LogP contribution in [-0.2, 0) is 23.2 Å². The second-order valence-electron chi connectivity index (χ2n) is 4.09. The fourth-order valence-corrected chi connectivity index (χ4v) is 2.64. The molecule has 0 radical (unpaired) electrons. The molecule has 20 heavy (non-hydrogen) atoms. The summed E-state index contributed by atoms with van der Waals surface area (Å²) < 4.78 is 26.5. The van der Waals surface area contributed by atoms with Crippen molar-refractivity contribution in [2.75, 3.05) is 0 Å².